The second kappa shape index (κ2) is 13.9. The lowest BCUT2D eigenvalue weighted by Gasteiger charge is -2.35. The standard InChI is InChI=1S/C31H39F3N4O4S/c1-37(17-18-41-2)23-12-10-22(11-13-23)36-27-8-5-9-29-26(27)19-24(38(29)21-31(32,33)34)7-6-16-35-28-15-14-25(43(4,39)40)20-30(28)42-3/h5,8-9,14-15,19-20,22-23,35-36H,10-13,16-18,21H2,1-4H3/t22-,23+. The first kappa shape index (κ1) is 32.5. The number of nitrogens with one attached hydrogen (secondary N) is 2. The van der Waals surface area contributed by atoms with Crippen LogP contribution in [-0.2, 0) is 21.1 Å². The van der Waals surface area contributed by atoms with E-state index in [1.54, 1.807) is 31.4 Å². The van der Waals surface area contributed by atoms with E-state index in [4.69, 9.17) is 9.47 Å². The van der Waals surface area contributed by atoms with Crippen molar-refractivity contribution < 1.29 is 31.1 Å². The molecule has 0 spiro atoms. The molecule has 0 saturated heterocycles. The number of ether oxygens (including phenoxy) is 2. The number of halogens is 3. The average molecular weight is 621 g/mol. The second-order valence-electron chi connectivity index (χ2n) is 10.9. The maximum Gasteiger partial charge on any atom is 0.406 e. The van der Waals surface area contributed by atoms with Crippen molar-refractivity contribution in [1.82, 2.24) is 9.47 Å². The Bertz CT molecular complexity index is 1570. The molecule has 1 fully saturated rings. The number of benzene rings is 2. The summed E-state index contributed by atoms with van der Waals surface area (Å²) < 4.78 is 76.3. The summed E-state index contributed by atoms with van der Waals surface area (Å²) in [5, 5.41) is 7.34. The number of fused-ring (bicyclic) bond motifs is 1. The Balaban J connectivity index is 1.52. The van der Waals surface area contributed by atoms with Gasteiger partial charge in [-0.1, -0.05) is 12.0 Å². The highest BCUT2D eigenvalue weighted by molar-refractivity contribution is 7.90. The molecule has 1 aliphatic rings. The van der Waals surface area contributed by atoms with Crippen molar-refractivity contribution in [3.8, 4) is 17.6 Å². The fraction of sp³-hybridized carbons (Fsp3) is 0.484. The summed E-state index contributed by atoms with van der Waals surface area (Å²) in [5.41, 5.74) is 2.04. The van der Waals surface area contributed by atoms with Crippen molar-refractivity contribution in [3.63, 3.8) is 0 Å². The minimum atomic E-state index is -4.42. The number of aromatic nitrogens is 1. The van der Waals surface area contributed by atoms with E-state index in [2.05, 4.69) is 34.4 Å². The Kier molecular flexibility index (Phi) is 10.5. The number of anilines is 2. The lowest BCUT2D eigenvalue weighted by Crippen LogP contribution is -2.39. The molecule has 2 N–H and O–H groups in total. The maximum absolute atomic E-state index is 13.6. The van der Waals surface area contributed by atoms with Crippen LogP contribution in [0.2, 0.25) is 0 Å². The molecule has 234 valence electrons. The molecule has 0 amide bonds. The smallest absolute Gasteiger partial charge is 0.406 e. The minimum Gasteiger partial charge on any atom is -0.495 e. The molecule has 0 bridgehead atoms. The van der Waals surface area contributed by atoms with Crippen LogP contribution in [-0.4, -0.2) is 83.4 Å². The Morgan fingerprint density at radius 3 is 2.47 bits per heavy atom. The van der Waals surface area contributed by atoms with Crippen molar-refractivity contribution >= 4 is 32.1 Å². The van der Waals surface area contributed by atoms with Gasteiger partial charge in [0.25, 0.3) is 0 Å². The van der Waals surface area contributed by atoms with Crippen LogP contribution in [0.25, 0.3) is 10.9 Å². The van der Waals surface area contributed by atoms with Crippen LogP contribution < -0.4 is 15.4 Å². The van der Waals surface area contributed by atoms with Crippen molar-refractivity contribution in [2.24, 2.45) is 0 Å². The predicted octanol–water partition coefficient (Wildman–Crippen LogP) is 5.38. The number of likely N-dealkylation sites (N-methyl/N-ethyl adjacent to an activating group) is 1. The lowest BCUT2D eigenvalue weighted by atomic mass is 9.90. The number of rotatable bonds is 11. The summed E-state index contributed by atoms with van der Waals surface area (Å²) in [6, 6.07) is 12.2. The average Bonchev–Trinajstić information content (AvgIpc) is 3.30. The summed E-state index contributed by atoms with van der Waals surface area (Å²) in [5.74, 6) is 6.13. The van der Waals surface area contributed by atoms with Gasteiger partial charge in [-0.15, -0.1) is 0 Å². The topological polar surface area (TPSA) is 84.8 Å². The molecule has 8 nitrogen and oxygen atoms in total. The van der Waals surface area contributed by atoms with E-state index in [1.807, 2.05) is 6.07 Å². The van der Waals surface area contributed by atoms with Gasteiger partial charge < -0.3 is 29.6 Å². The molecule has 4 rings (SSSR count). The van der Waals surface area contributed by atoms with Crippen LogP contribution in [0.4, 0.5) is 24.5 Å². The van der Waals surface area contributed by atoms with Crippen LogP contribution in [0.1, 0.15) is 31.4 Å². The van der Waals surface area contributed by atoms with Gasteiger partial charge in [0, 0.05) is 49.1 Å². The molecule has 0 aliphatic heterocycles. The summed E-state index contributed by atoms with van der Waals surface area (Å²) >= 11 is 0. The highest BCUT2D eigenvalue weighted by atomic mass is 32.2. The Hall–Kier alpha value is -3.40. The molecule has 1 heterocycles. The molecule has 0 radical (unpaired) electrons. The monoisotopic (exact) mass is 620 g/mol. The number of methoxy groups -OCH3 is 2. The van der Waals surface area contributed by atoms with Gasteiger partial charge in [-0.25, -0.2) is 8.42 Å². The molecule has 0 atom stereocenters. The molecule has 2 aromatic carbocycles. The first-order valence-electron chi connectivity index (χ1n) is 14.1. The Morgan fingerprint density at radius 1 is 1.07 bits per heavy atom. The fourth-order valence-electron chi connectivity index (χ4n) is 5.48. The van der Waals surface area contributed by atoms with E-state index in [0.29, 0.717) is 35.0 Å². The molecule has 12 heteroatoms. The molecule has 1 aromatic heterocycles. The van der Waals surface area contributed by atoms with Crippen LogP contribution in [0.5, 0.6) is 5.75 Å². The number of hydrogen-bond acceptors (Lipinski definition) is 7. The van der Waals surface area contributed by atoms with E-state index < -0.39 is 22.6 Å². The number of hydrogen-bond donors (Lipinski definition) is 2. The van der Waals surface area contributed by atoms with Crippen molar-refractivity contribution in [3.05, 3.63) is 48.2 Å². The number of alkyl halides is 3. The van der Waals surface area contributed by atoms with E-state index in [-0.39, 0.29) is 23.2 Å². The molecule has 43 heavy (non-hydrogen) atoms. The number of sulfone groups is 1. The summed E-state index contributed by atoms with van der Waals surface area (Å²) in [6.07, 6.45) is 0.689. The van der Waals surface area contributed by atoms with Gasteiger partial charge in [-0.3, -0.25) is 0 Å². The van der Waals surface area contributed by atoms with Gasteiger partial charge >= 0.3 is 6.18 Å². The molecule has 1 aliphatic carbocycles. The van der Waals surface area contributed by atoms with Gasteiger partial charge in [0.2, 0.25) is 0 Å². The van der Waals surface area contributed by atoms with Gasteiger partial charge in [0.15, 0.2) is 9.84 Å². The van der Waals surface area contributed by atoms with Crippen molar-refractivity contribution in [1.29, 1.82) is 0 Å². The normalized spacial score (nSPS) is 17.5. The second-order valence-corrected chi connectivity index (χ2v) is 12.9. The van der Waals surface area contributed by atoms with Crippen LogP contribution >= 0.6 is 0 Å². The molecular weight excluding hydrogens is 581 g/mol. The third-order valence-electron chi connectivity index (χ3n) is 7.80. The van der Waals surface area contributed by atoms with Gasteiger partial charge in [0.1, 0.15) is 12.3 Å². The maximum atomic E-state index is 13.6. The molecule has 0 unspecified atom stereocenters. The number of nitrogens with zero attached hydrogens (tertiary/aromatic N) is 2. The Morgan fingerprint density at radius 2 is 1.81 bits per heavy atom. The fourth-order valence-corrected chi connectivity index (χ4v) is 6.12. The molecular formula is C31H39F3N4O4S. The first-order valence-corrected chi connectivity index (χ1v) is 16.0. The van der Waals surface area contributed by atoms with Crippen LogP contribution in [0, 0.1) is 11.8 Å². The van der Waals surface area contributed by atoms with E-state index in [9.17, 15) is 21.6 Å². The van der Waals surface area contributed by atoms with Crippen molar-refractivity contribution in [2.75, 3.05) is 57.9 Å². The summed E-state index contributed by atoms with van der Waals surface area (Å²) in [4.78, 5) is 2.45. The summed E-state index contributed by atoms with van der Waals surface area (Å²) in [6.45, 7) is 0.527. The summed E-state index contributed by atoms with van der Waals surface area (Å²) in [7, 11) is 1.83. The van der Waals surface area contributed by atoms with Crippen molar-refractivity contribution in [2.45, 2.75) is 55.4 Å². The minimum absolute atomic E-state index is 0.106. The zero-order valence-corrected chi connectivity index (χ0v) is 25.7. The third kappa shape index (κ3) is 8.59. The Labute approximate surface area is 251 Å². The van der Waals surface area contributed by atoms with Gasteiger partial charge in [0.05, 0.1) is 42.1 Å². The lowest BCUT2D eigenvalue weighted by molar-refractivity contribution is -0.140. The molecule has 1 saturated carbocycles. The zero-order valence-electron chi connectivity index (χ0n) is 24.9. The van der Waals surface area contributed by atoms with Gasteiger partial charge in [-0.05, 0) is 69.0 Å². The quantitative estimate of drug-likeness (QED) is 0.279. The van der Waals surface area contributed by atoms with Crippen LogP contribution in [0.3, 0.4) is 0 Å². The third-order valence-corrected chi connectivity index (χ3v) is 8.91. The predicted molar refractivity (Wildman–Crippen MR) is 164 cm³/mol. The SMILES string of the molecule is COCCN(C)[C@H]1CC[C@@H](Nc2cccc3c2cc(C#CCNc2ccc(S(C)(=O)=O)cc2OC)n3CC(F)(F)F)CC1. The van der Waals surface area contributed by atoms with Gasteiger partial charge in [-0.2, -0.15) is 13.2 Å². The van der Waals surface area contributed by atoms with Crippen LogP contribution in [0.15, 0.2) is 47.4 Å². The molecule has 3 aromatic rings. The zero-order chi connectivity index (χ0) is 31.2. The highest BCUT2D eigenvalue weighted by Gasteiger charge is 2.30. The van der Waals surface area contributed by atoms with E-state index in [0.717, 1.165) is 44.2 Å². The highest BCUT2D eigenvalue weighted by Crippen LogP contribution is 2.33. The first-order chi connectivity index (χ1) is 20.4. The van der Waals surface area contributed by atoms with E-state index in [1.165, 1.54) is 23.8 Å². The van der Waals surface area contributed by atoms with E-state index >= 15 is 0 Å². The largest absolute Gasteiger partial charge is 0.495 e.